The van der Waals surface area contributed by atoms with Gasteiger partial charge in [-0.3, -0.25) is 18.7 Å². The maximum Gasteiger partial charge on any atom is 0.318 e. The van der Waals surface area contributed by atoms with Gasteiger partial charge < -0.3 is 35.2 Å². The summed E-state index contributed by atoms with van der Waals surface area (Å²) in [5.41, 5.74) is 1.68. The molecule has 4 unspecified atom stereocenters. The van der Waals surface area contributed by atoms with Crippen LogP contribution in [0.3, 0.4) is 0 Å². The van der Waals surface area contributed by atoms with Gasteiger partial charge in [-0.1, -0.05) is 74.0 Å². The minimum atomic E-state index is -3.56. The smallest absolute Gasteiger partial charge is 0.318 e. The molecule has 14 heteroatoms. The Morgan fingerprint density at radius 2 is 1.89 bits per heavy atom. The highest BCUT2D eigenvalue weighted by atomic mass is 35.5. The van der Waals surface area contributed by atoms with Crippen molar-refractivity contribution in [2.45, 2.75) is 82.8 Å². The van der Waals surface area contributed by atoms with Crippen molar-refractivity contribution in [2.24, 2.45) is 5.92 Å². The maximum atomic E-state index is 13.7. The maximum absolute atomic E-state index is 13.7. The van der Waals surface area contributed by atoms with Crippen molar-refractivity contribution >= 4 is 37.7 Å². The fourth-order valence-corrected chi connectivity index (χ4v) is 6.54. The van der Waals surface area contributed by atoms with Gasteiger partial charge in [0.05, 0.1) is 12.6 Å². The van der Waals surface area contributed by atoms with Gasteiger partial charge in [0, 0.05) is 37.1 Å². The van der Waals surface area contributed by atoms with E-state index in [-0.39, 0.29) is 31.2 Å². The van der Waals surface area contributed by atoms with Crippen molar-refractivity contribution in [3.63, 3.8) is 0 Å². The van der Waals surface area contributed by atoms with Crippen molar-refractivity contribution in [2.75, 3.05) is 20.2 Å². The number of nitrogens with one attached hydrogen (secondary N) is 2. The molecule has 46 heavy (non-hydrogen) atoms. The molecule has 0 aromatic heterocycles. The highest BCUT2D eigenvalue weighted by Gasteiger charge is 2.32. The first-order valence-electron chi connectivity index (χ1n) is 15.7. The molecule has 0 saturated heterocycles. The fourth-order valence-electron chi connectivity index (χ4n) is 5.96. The lowest BCUT2D eigenvalue weighted by atomic mass is 9.84. The topological polar surface area (TPSA) is 158 Å². The zero-order valence-electron chi connectivity index (χ0n) is 26.0. The van der Waals surface area contributed by atoms with Crippen LogP contribution in [-0.2, 0) is 31.8 Å². The number of carbonyl (C=O) groups is 3. The standard InChI is InChI=1S/C32H44ClN4O8P/c1-36(20-23-10-7-12-25(33)18-23)32(41)35-27(19-22-8-3-2-4-9-22)30(39)34-26(31(40)45-46(42)43)14-15-29(38)37-16-17-44-28-13-6-5-11-24(28)21-37/h5-7,10-13,18,22,26-27,31,40,46H,2-4,8-9,14-17,19-21H2,1H3,(H,34,39)(H,35,41)(H,42,43). The molecule has 4 atom stereocenters. The summed E-state index contributed by atoms with van der Waals surface area (Å²) in [6.45, 7) is 1.27. The summed E-state index contributed by atoms with van der Waals surface area (Å²) < 4.78 is 22.0. The van der Waals surface area contributed by atoms with Crippen LogP contribution in [0, 0.1) is 5.92 Å². The predicted octanol–water partition coefficient (Wildman–Crippen LogP) is 4.22. The first kappa shape index (κ1) is 35.7. The zero-order valence-corrected chi connectivity index (χ0v) is 27.8. The number of nitrogens with zero attached hydrogens (tertiary/aromatic N) is 2. The Kier molecular flexibility index (Phi) is 13.7. The van der Waals surface area contributed by atoms with Crippen LogP contribution in [0.2, 0.25) is 5.02 Å². The largest absolute Gasteiger partial charge is 0.491 e. The number of carbonyl (C=O) groups excluding carboxylic acids is 3. The molecule has 1 aliphatic heterocycles. The molecule has 2 aromatic rings. The second-order valence-corrected chi connectivity index (χ2v) is 13.1. The van der Waals surface area contributed by atoms with Crippen LogP contribution in [0.15, 0.2) is 48.5 Å². The van der Waals surface area contributed by atoms with E-state index in [1.54, 1.807) is 30.1 Å². The molecule has 1 aliphatic carbocycles. The van der Waals surface area contributed by atoms with Crippen molar-refractivity contribution in [1.29, 1.82) is 0 Å². The van der Waals surface area contributed by atoms with Gasteiger partial charge >= 0.3 is 14.3 Å². The molecular weight excluding hydrogens is 635 g/mol. The van der Waals surface area contributed by atoms with Crippen LogP contribution >= 0.6 is 19.9 Å². The van der Waals surface area contributed by atoms with Crippen molar-refractivity contribution in [3.8, 4) is 5.75 Å². The number of hydrogen-bond donors (Lipinski definition) is 4. The first-order valence-corrected chi connectivity index (χ1v) is 17.4. The van der Waals surface area contributed by atoms with Crippen molar-refractivity contribution < 1.29 is 38.2 Å². The first-order chi connectivity index (χ1) is 22.1. The van der Waals surface area contributed by atoms with Gasteiger partial charge in [0.15, 0.2) is 6.29 Å². The minimum Gasteiger partial charge on any atom is -0.491 e. The SMILES string of the molecule is CN(Cc1cccc(Cl)c1)C(=O)NC(CC1CCCCC1)C(=O)NC(CCC(=O)N1CCOc2ccccc2C1)C(O)O[PH](=O)O. The number of aliphatic hydroxyl groups is 1. The van der Waals surface area contributed by atoms with Gasteiger partial charge in [0.1, 0.15) is 18.4 Å². The Morgan fingerprint density at radius 1 is 1.13 bits per heavy atom. The molecule has 12 nitrogen and oxygen atoms in total. The Bertz CT molecular complexity index is 1360. The molecule has 4 amide bonds. The van der Waals surface area contributed by atoms with Crippen LogP contribution in [0.5, 0.6) is 5.75 Å². The zero-order chi connectivity index (χ0) is 33.1. The Hall–Kier alpha value is -3.15. The van der Waals surface area contributed by atoms with E-state index >= 15 is 0 Å². The molecule has 1 saturated carbocycles. The normalized spacial score (nSPS) is 17.8. The number of halogens is 1. The van der Waals surface area contributed by atoms with Gasteiger partial charge in [-0.05, 0) is 42.5 Å². The lowest BCUT2D eigenvalue weighted by Gasteiger charge is -2.30. The number of ether oxygens (including phenoxy) is 1. The van der Waals surface area contributed by atoms with E-state index in [0.717, 1.165) is 43.2 Å². The fraction of sp³-hybridized carbons (Fsp3) is 0.531. The quantitative estimate of drug-likeness (QED) is 0.181. The average Bonchev–Trinajstić information content (AvgIpc) is 3.25. The molecule has 1 fully saturated rings. The summed E-state index contributed by atoms with van der Waals surface area (Å²) in [4.78, 5) is 52.7. The van der Waals surface area contributed by atoms with Crippen molar-refractivity contribution in [3.05, 3.63) is 64.7 Å². The molecule has 2 aliphatic rings. The number of amides is 4. The molecule has 0 spiro atoms. The van der Waals surface area contributed by atoms with E-state index in [0.29, 0.717) is 36.9 Å². The lowest BCUT2D eigenvalue weighted by Crippen LogP contribution is -2.55. The van der Waals surface area contributed by atoms with Gasteiger partial charge in [-0.2, -0.15) is 0 Å². The average molecular weight is 679 g/mol. The van der Waals surface area contributed by atoms with Gasteiger partial charge in [0.2, 0.25) is 11.8 Å². The van der Waals surface area contributed by atoms with E-state index in [1.807, 2.05) is 30.3 Å². The predicted molar refractivity (Wildman–Crippen MR) is 173 cm³/mol. The second kappa shape index (κ2) is 17.7. The number of para-hydroxylation sites is 1. The minimum absolute atomic E-state index is 0.0708. The summed E-state index contributed by atoms with van der Waals surface area (Å²) in [6.07, 6.45) is 3.43. The molecule has 4 rings (SSSR count). The molecule has 0 radical (unpaired) electrons. The number of hydrogen-bond acceptors (Lipinski definition) is 7. The van der Waals surface area contributed by atoms with Crippen LogP contribution in [0.1, 0.15) is 62.5 Å². The van der Waals surface area contributed by atoms with Gasteiger partial charge in [0.25, 0.3) is 0 Å². The monoisotopic (exact) mass is 678 g/mol. The van der Waals surface area contributed by atoms with Crippen LogP contribution < -0.4 is 15.4 Å². The molecular formula is C32H44ClN4O8P. The van der Waals surface area contributed by atoms with E-state index in [2.05, 4.69) is 10.6 Å². The van der Waals surface area contributed by atoms with Crippen LogP contribution in [0.4, 0.5) is 4.79 Å². The second-order valence-electron chi connectivity index (χ2n) is 11.9. The number of rotatable bonds is 13. The molecule has 0 bridgehead atoms. The number of urea groups is 1. The third kappa shape index (κ3) is 11.0. The third-order valence-electron chi connectivity index (χ3n) is 8.43. The number of benzene rings is 2. The van der Waals surface area contributed by atoms with E-state index in [1.165, 1.54) is 4.90 Å². The summed E-state index contributed by atoms with van der Waals surface area (Å²) in [7, 11) is -1.95. The van der Waals surface area contributed by atoms with Gasteiger partial charge in [-0.25, -0.2) is 4.79 Å². The molecule has 1 heterocycles. The summed E-state index contributed by atoms with van der Waals surface area (Å²) in [5.74, 6) is 0.110. The van der Waals surface area contributed by atoms with Gasteiger partial charge in [-0.15, -0.1) is 0 Å². The summed E-state index contributed by atoms with van der Waals surface area (Å²) in [5, 5.41) is 16.8. The summed E-state index contributed by atoms with van der Waals surface area (Å²) >= 11 is 6.10. The Labute approximate surface area is 275 Å². The molecule has 4 N–H and O–H groups in total. The Balaban J connectivity index is 1.43. The van der Waals surface area contributed by atoms with Crippen LogP contribution in [0.25, 0.3) is 0 Å². The Morgan fingerprint density at radius 3 is 2.63 bits per heavy atom. The highest BCUT2D eigenvalue weighted by Crippen LogP contribution is 2.28. The number of fused-ring (bicyclic) bond motifs is 1. The summed E-state index contributed by atoms with van der Waals surface area (Å²) in [6, 6.07) is 12.0. The number of aliphatic hydroxyl groups excluding tert-OH is 1. The van der Waals surface area contributed by atoms with Crippen molar-refractivity contribution in [1.82, 2.24) is 20.4 Å². The highest BCUT2D eigenvalue weighted by molar-refractivity contribution is 7.32. The van der Waals surface area contributed by atoms with E-state index in [9.17, 15) is 28.9 Å². The third-order valence-corrected chi connectivity index (χ3v) is 9.11. The molecule has 252 valence electrons. The van der Waals surface area contributed by atoms with E-state index in [4.69, 9.17) is 20.9 Å². The van der Waals surface area contributed by atoms with Crippen LogP contribution in [-0.4, -0.2) is 76.2 Å². The molecule has 2 aromatic carbocycles. The van der Waals surface area contributed by atoms with E-state index < -0.39 is 38.6 Å². The lowest BCUT2D eigenvalue weighted by molar-refractivity contribution is -0.134.